The summed E-state index contributed by atoms with van der Waals surface area (Å²) in [7, 11) is 4.28. The van der Waals surface area contributed by atoms with Gasteiger partial charge in [0, 0.05) is 76.9 Å². The van der Waals surface area contributed by atoms with Crippen molar-refractivity contribution >= 4 is 50.9 Å². The van der Waals surface area contributed by atoms with Gasteiger partial charge in [-0.05, 0) is 117 Å². The number of anilines is 2. The second-order valence-corrected chi connectivity index (χ2v) is 20.7. The zero-order chi connectivity index (χ0) is 59.9. The molecule has 0 bridgehead atoms. The number of carbonyl (C=O) groups is 2. The fraction of sp³-hybridized carbons (Fsp3) is 0.305. The summed E-state index contributed by atoms with van der Waals surface area (Å²) >= 11 is 0. The Hall–Kier alpha value is -9.59. The van der Waals surface area contributed by atoms with Crippen LogP contribution in [0.5, 0.6) is 0 Å². The maximum atomic E-state index is 13.3. The average molecular weight is 1140 g/mol. The molecule has 11 aromatic heterocycles. The van der Waals surface area contributed by atoms with E-state index in [4.69, 9.17) is 10.7 Å². The summed E-state index contributed by atoms with van der Waals surface area (Å²) in [4.78, 5) is 80.3. The Morgan fingerprint density at radius 2 is 1.02 bits per heavy atom. The summed E-state index contributed by atoms with van der Waals surface area (Å²) < 4.78 is 33.2. The lowest BCUT2D eigenvalue weighted by Crippen LogP contribution is -2.44. The number of fused-ring (bicyclic) bond motifs is 5. The average Bonchev–Trinajstić information content (AvgIpc) is 4.36. The number of ketones is 2. The Balaban J connectivity index is 0.000000137. The van der Waals surface area contributed by atoms with Gasteiger partial charge < -0.3 is 25.8 Å². The van der Waals surface area contributed by atoms with Gasteiger partial charge in [0.25, 0.3) is 11.1 Å². The molecule has 0 amide bonds. The fourth-order valence-corrected chi connectivity index (χ4v) is 9.42. The van der Waals surface area contributed by atoms with Crippen LogP contribution in [-0.4, -0.2) is 155 Å². The highest BCUT2D eigenvalue weighted by molar-refractivity contribution is 6.06. The molecule has 84 heavy (non-hydrogen) atoms. The second-order valence-electron chi connectivity index (χ2n) is 20.7. The SMILES string of the molecule is CC(=O)CC(=O)c1cc2c(C)nc(C)cn2n1.CN1CCNCC1.Cc1cn2nc(-c3cc(=O)n4cc(F)ccc4n3)cc2c(C)n1.Cc1cn2nc(-c3cc(=O)n4cc(N5CCN(C)CC5)ccc4n3)cc2c(C)n1.Nc1ccc(F)cn1. The Morgan fingerprint density at radius 3 is 1.50 bits per heavy atom. The van der Waals surface area contributed by atoms with Crippen LogP contribution in [0, 0.1) is 53.2 Å². The van der Waals surface area contributed by atoms with Gasteiger partial charge in [0.1, 0.15) is 51.6 Å². The molecular formula is C59H65F2N19O4. The third kappa shape index (κ3) is 14.4. The molecule has 23 nitrogen and oxygen atoms in total. The summed E-state index contributed by atoms with van der Waals surface area (Å²) in [6.45, 7) is 21.5. The Labute approximate surface area is 481 Å². The van der Waals surface area contributed by atoms with Crippen molar-refractivity contribution < 1.29 is 18.4 Å². The van der Waals surface area contributed by atoms with Gasteiger partial charge in [-0.25, -0.2) is 37.3 Å². The minimum atomic E-state index is -0.487. The molecule has 0 unspecified atom stereocenters. The molecule has 11 aromatic rings. The Morgan fingerprint density at radius 1 is 0.548 bits per heavy atom. The molecule has 13 rings (SSSR count). The largest absolute Gasteiger partial charge is 0.384 e. The van der Waals surface area contributed by atoms with Crippen molar-refractivity contribution in [3.8, 4) is 22.8 Å². The number of halogens is 2. The quantitative estimate of drug-likeness (QED) is 0.148. The van der Waals surface area contributed by atoms with Gasteiger partial charge in [0.2, 0.25) is 0 Å². The molecule has 0 aromatic carbocycles. The molecule has 3 N–H and O–H groups in total. The van der Waals surface area contributed by atoms with E-state index >= 15 is 0 Å². The van der Waals surface area contributed by atoms with E-state index in [2.05, 4.69) is 74.3 Å². The highest BCUT2D eigenvalue weighted by atomic mass is 19.1. The number of aryl methyl sites for hydroxylation is 6. The van der Waals surface area contributed by atoms with Gasteiger partial charge in [-0.15, -0.1) is 0 Å². The van der Waals surface area contributed by atoms with E-state index < -0.39 is 5.82 Å². The first kappa shape index (κ1) is 59.0. The number of hydrogen-bond acceptors (Lipinski definition) is 18. The first-order chi connectivity index (χ1) is 40.1. The molecule has 0 saturated carbocycles. The molecule has 13 heterocycles. The first-order valence-corrected chi connectivity index (χ1v) is 27.1. The lowest BCUT2D eigenvalue weighted by Gasteiger charge is -2.34. The van der Waals surface area contributed by atoms with Crippen LogP contribution in [0.4, 0.5) is 20.3 Å². The summed E-state index contributed by atoms with van der Waals surface area (Å²) in [6, 6.07) is 17.7. The number of nitrogen functional groups attached to an aromatic ring is 1. The van der Waals surface area contributed by atoms with Crippen molar-refractivity contribution in [3.05, 3.63) is 176 Å². The zero-order valence-corrected chi connectivity index (χ0v) is 48.2. The smallest absolute Gasteiger partial charge is 0.258 e. The number of hydrogen-bond donors (Lipinski definition) is 2. The Kier molecular flexibility index (Phi) is 18.1. The summed E-state index contributed by atoms with van der Waals surface area (Å²) in [5.74, 6) is -0.916. The van der Waals surface area contributed by atoms with Crippen molar-refractivity contribution in [2.45, 2.75) is 54.9 Å². The van der Waals surface area contributed by atoms with Gasteiger partial charge in [0.15, 0.2) is 5.78 Å². The number of piperazine rings is 2. The predicted octanol–water partition coefficient (Wildman–Crippen LogP) is 5.77. The number of carbonyl (C=O) groups excluding carboxylic acids is 2. The van der Waals surface area contributed by atoms with Gasteiger partial charge in [-0.3, -0.25) is 42.9 Å². The molecule has 2 aliphatic heterocycles. The van der Waals surface area contributed by atoms with Crippen LogP contribution in [0.1, 0.15) is 58.0 Å². The van der Waals surface area contributed by atoms with Crippen molar-refractivity contribution in [1.29, 1.82) is 0 Å². The number of nitrogens with two attached hydrogens (primary N) is 1. The minimum absolute atomic E-state index is 0.102. The van der Waals surface area contributed by atoms with Crippen LogP contribution in [0.25, 0.3) is 50.6 Å². The monoisotopic (exact) mass is 1140 g/mol. The number of likely N-dealkylation sites (N-methyl/N-ethyl adjacent to an activating group) is 2. The molecule has 25 heteroatoms. The zero-order valence-electron chi connectivity index (χ0n) is 48.2. The number of rotatable bonds is 6. The van der Waals surface area contributed by atoms with E-state index in [1.54, 1.807) is 36.3 Å². The predicted molar refractivity (Wildman–Crippen MR) is 317 cm³/mol. The maximum absolute atomic E-state index is 13.3. The van der Waals surface area contributed by atoms with Crippen LogP contribution in [-0.2, 0) is 4.79 Å². The molecule has 0 spiro atoms. The summed E-state index contributed by atoms with van der Waals surface area (Å²) in [5, 5.41) is 16.5. The van der Waals surface area contributed by atoms with Gasteiger partial charge in [-0.1, -0.05) is 0 Å². The second kappa shape index (κ2) is 25.7. The number of aromatic nitrogens is 14. The number of Topliss-reactive ketones (excluding diaryl/α,β-unsaturated/α-hetero) is 2. The highest BCUT2D eigenvalue weighted by Crippen LogP contribution is 2.23. The van der Waals surface area contributed by atoms with Crippen LogP contribution >= 0.6 is 0 Å². The van der Waals surface area contributed by atoms with Gasteiger partial charge in [-0.2, -0.15) is 15.3 Å². The summed E-state index contributed by atoms with van der Waals surface area (Å²) in [6.07, 6.45) is 9.44. The minimum Gasteiger partial charge on any atom is -0.384 e. The van der Waals surface area contributed by atoms with Crippen molar-refractivity contribution in [3.63, 3.8) is 0 Å². The summed E-state index contributed by atoms with van der Waals surface area (Å²) in [5.41, 5.74) is 17.0. The normalized spacial score (nSPS) is 13.6. The van der Waals surface area contributed by atoms with Crippen LogP contribution in [0.2, 0.25) is 0 Å². The highest BCUT2D eigenvalue weighted by Gasteiger charge is 2.18. The van der Waals surface area contributed by atoms with E-state index in [1.807, 2.05) is 84.4 Å². The van der Waals surface area contributed by atoms with E-state index in [0.29, 0.717) is 45.6 Å². The molecule has 2 fully saturated rings. The molecule has 0 radical (unpaired) electrons. The lowest BCUT2D eigenvalue weighted by molar-refractivity contribution is -0.116. The fourth-order valence-electron chi connectivity index (χ4n) is 9.42. The van der Waals surface area contributed by atoms with E-state index in [-0.39, 0.29) is 34.9 Å². The Bertz CT molecular complexity index is 4310. The lowest BCUT2D eigenvalue weighted by atomic mass is 10.1. The topological polar surface area (TPSA) is 254 Å². The van der Waals surface area contributed by atoms with Gasteiger partial charge >= 0.3 is 0 Å². The van der Waals surface area contributed by atoms with Crippen LogP contribution in [0.15, 0.2) is 114 Å². The third-order valence-electron chi connectivity index (χ3n) is 13.7. The van der Waals surface area contributed by atoms with E-state index in [1.165, 1.54) is 54.7 Å². The number of nitrogens with zero attached hydrogens (tertiary/aromatic N) is 17. The van der Waals surface area contributed by atoms with E-state index in [9.17, 15) is 28.0 Å². The maximum Gasteiger partial charge on any atom is 0.258 e. The van der Waals surface area contributed by atoms with Crippen molar-refractivity contribution in [1.82, 2.24) is 82.7 Å². The molecule has 2 aliphatic rings. The van der Waals surface area contributed by atoms with Gasteiger partial charge in [0.05, 0.1) is 99.0 Å². The number of nitrogens with one attached hydrogen (secondary N) is 1. The van der Waals surface area contributed by atoms with Crippen LogP contribution < -0.4 is 27.1 Å². The standard InChI is InChI=1S/C21H23N7O.C16H12FN5O.C12H13N3O2.C5H5FN2.C5H12N2/c1-14-12-28-19(15(2)22-14)10-18(24-28)17-11-21(29)27-13-16(4-5-20(27)23-17)26-8-6-25(3)7-9-26;1-9-7-22-14(10(2)18-9)5-13(20-22)12-6-16(23)21-8-11(17)3-4-15(21)19-12;1-7-6-15-11(9(3)13-7)5-10(14-15)12(17)4-8(2)16;6-4-1-2-5(7)8-3-4;1-7-4-2-6-3-5-7/h4-5,10-13H,6-9H2,1-3H3;3-8H,1-2H3;5-6H,4H2,1-3H3;1-3H,(H2,7,8);6H,2-5H2,1H3. The van der Waals surface area contributed by atoms with E-state index in [0.717, 1.165) is 108 Å². The van der Waals surface area contributed by atoms with Crippen molar-refractivity contribution in [2.75, 3.05) is 77.1 Å². The van der Waals surface area contributed by atoms with Crippen LogP contribution in [0.3, 0.4) is 0 Å². The molecule has 2 saturated heterocycles. The van der Waals surface area contributed by atoms with Crippen molar-refractivity contribution in [2.24, 2.45) is 0 Å². The first-order valence-electron chi connectivity index (χ1n) is 27.1. The third-order valence-corrected chi connectivity index (χ3v) is 13.7. The molecular weight excluding hydrogens is 1080 g/mol. The molecule has 0 aliphatic carbocycles. The molecule has 0 atom stereocenters. The number of pyridine rings is 3. The molecule has 434 valence electrons.